The molecule has 0 aliphatic carbocycles. The molecule has 24 heavy (non-hydrogen) atoms. The largest absolute Gasteiger partial charge is 0.480 e. The van der Waals surface area contributed by atoms with Gasteiger partial charge in [-0.15, -0.1) is 0 Å². The van der Waals surface area contributed by atoms with Crippen molar-refractivity contribution < 1.29 is 14.3 Å². The van der Waals surface area contributed by atoms with Gasteiger partial charge in [0, 0.05) is 32.3 Å². The summed E-state index contributed by atoms with van der Waals surface area (Å²) < 4.78 is 12.7. The second-order valence-electron chi connectivity index (χ2n) is 5.73. The third-order valence-corrected chi connectivity index (χ3v) is 4.17. The molecule has 0 saturated carbocycles. The van der Waals surface area contributed by atoms with E-state index in [0.717, 1.165) is 25.1 Å². The Morgan fingerprint density at radius 2 is 2.38 bits per heavy atom. The van der Waals surface area contributed by atoms with Crippen molar-refractivity contribution in [2.24, 2.45) is 13.0 Å². The maximum atomic E-state index is 12.3. The van der Waals surface area contributed by atoms with Gasteiger partial charge in [0.15, 0.2) is 0 Å². The van der Waals surface area contributed by atoms with Crippen LogP contribution in [-0.4, -0.2) is 45.9 Å². The first kappa shape index (κ1) is 16.4. The highest BCUT2D eigenvalue weighted by atomic mass is 16.5. The van der Waals surface area contributed by atoms with Gasteiger partial charge < -0.3 is 14.8 Å². The van der Waals surface area contributed by atoms with E-state index >= 15 is 0 Å². The summed E-state index contributed by atoms with van der Waals surface area (Å²) in [7, 11) is 3.39. The third kappa shape index (κ3) is 3.53. The normalized spacial score (nSPS) is 20.6. The van der Waals surface area contributed by atoms with E-state index in [-0.39, 0.29) is 23.6 Å². The highest BCUT2D eigenvalue weighted by Gasteiger charge is 2.30. The molecule has 0 bridgehead atoms. The minimum atomic E-state index is -0.268. The van der Waals surface area contributed by atoms with Gasteiger partial charge in [0.05, 0.1) is 25.2 Å². The van der Waals surface area contributed by atoms with Crippen molar-refractivity contribution in [2.45, 2.75) is 18.9 Å². The Bertz CT molecular complexity index is 703. The maximum Gasteiger partial charge on any atom is 0.271 e. The van der Waals surface area contributed by atoms with Crippen LogP contribution in [0, 0.1) is 5.92 Å². The number of hydrogen-bond donors (Lipinski definition) is 1. The lowest BCUT2D eigenvalue weighted by molar-refractivity contribution is -0.0317. The number of ether oxygens (including phenoxy) is 2. The fraction of sp³-hybridized carbons (Fsp3) is 0.500. The number of aromatic nitrogens is 4. The number of amides is 1. The van der Waals surface area contributed by atoms with E-state index in [1.807, 2.05) is 17.8 Å². The number of nitrogens with one attached hydrogen (secondary N) is 1. The minimum absolute atomic E-state index is 0.0667. The molecule has 1 saturated heterocycles. The summed E-state index contributed by atoms with van der Waals surface area (Å²) in [5.74, 6) is 0.240. The number of nitrogens with zero attached hydrogens (tertiary/aromatic N) is 4. The highest BCUT2D eigenvalue weighted by Crippen LogP contribution is 2.32. The molecule has 2 aromatic heterocycles. The average Bonchev–Trinajstić information content (AvgIpc) is 3.05. The summed E-state index contributed by atoms with van der Waals surface area (Å²) in [6.07, 6.45) is 6.54. The van der Waals surface area contributed by atoms with Gasteiger partial charge >= 0.3 is 0 Å². The monoisotopic (exact) mass is 331 g/mol. The van der Waals surface area contributed by atoms with Gasteiger partial charge in [-0.3, -0.25) is 14.5 Å². The second-order valence-corrected chi connectivity index (χ2v) is 5.73. The van der Waals surface area contributed by atoms with E-state index in [0.29, 0.717) is 12.4 Å². The molecular formula is C16H21N5O3. The zero-order valence-electron chi connectivity index (χ0n) is 13.8. The maximum absolute atomic E-state index is 12.3. The molecule has 3 heterocycles. The first-order valence-corrected chi connectivity index (χ1v) is 7.92. The third-order valence-electron chi connectivity index (χ3n) is 4.17. The Labute approximate surface area is 140 Å². The molecule has 128 valence electrons. The first-order valence-electron chi connectivity index (χ1n) is 7.92. The molecule has 1 amide bonds. The minimum Gasteiger partial charge on any atom is -0.480 e. The van der Waals surface area contributed by atoms with E-state index in [1.165, 1.54) is 19.5 Å². The van der Waals surface area contributed by atoms with Gasteiger partial charge in [0.1, 0.15) is 11.8 Å². The lowest BCUT2D eigenvalue weighted by Crippen LogP contribution is -2.36. The van der Waals surface area contributed by atoms with Crippen LogP contribution in [0.25, 0.3) is 0 Å². The van der Waals surface area contributed by atoms with Gasteiger partial charge in [-0.1, -0.05) is 0 Å². The Morgan fingerprint density at radius 1 is 1.50 bits per heavy atom. The second kappa shape index (κ2) is 7.39. The Morgan fingerprint density at radius 3 is 3.12 bits per heavy atom. The van der Waals surface area contributed by atoms with Crippen LogP contribution < -0.4 is 10.1 Å². The zero-order valence-corrected chi connectivity index (χ0v) is 13.8. The summed E-state index contributed by atoms with van der Waals surface area (Å²) in [5.41, 5.74) is 1.26. The van der Waals surface area contributed by atoms with Crippen molar-refractivity contribution in [2.75, 3.05) is 20.3 Å². The van der Waals surface area contributed by atoms with E-state index in [4.69, 9.17) is 9.47 Å². The molecule has 0 unspecified atom stereocenters. The van der Waals surface area contributed by atoms with Crippen LogP contribution >= 0.6 is 0 Å². The average molecular weight is 331 g/mol. The van der Waals surface area contributed by atoms with E-state index in [9.17, 15) is 4.79 Å². The Hall–Kier alpha value is -2.48. The van der Waals surface area contributed by atoms with Crippen LogP contribution in [0.15, 0.2) is 24.7 Å². The number of carbonyl (C=O) groups is 1. The van der Waals surface area contributed by atoms with Crippen molar-refractivity contribution >= 4 is 5.91 Å². The lowest BCUT2D eigenvalue weighted by atomic mass is 9.92. The molecule has 1 fully saturated rings. The fourth-order valence-electron chi connectivity index (χ4n) is 2.91. The molecule has 1 aliphatic heterocycles. The van der Waals surface area contributed by atoms with E-state index in [1.54, 1.807) is 6.20 Å². The first-order chi connectivity index (χ1) is 11.7. The van der Waals surface area contributed by atoms with Crippen molar-refractivity contribution in [1.29, 1.82) is 0 Å². The van der Waals surface area contributed by atoms with Crippen molar-refractivity contribution in [1.82, 2.24) is 25.1 Å². The molecule has 8 nitrogen and oxygen atoms in total. The van der Waals surface area contributed by atoms with Gasteiger partial charge in [-0.2, -0.15) is 5.10 Å². The van der Waals surface area contributed by atoms with Gasteiger partial charge in [-0.05, 0) is 18.9 Å². The van der Waals surface area contributed by atoms with Crippen LogP contribution in [0.4, 0.5) is 0 Å². The smallest absolute Gasteiger partial charge is 0.271 e. The molecule has 0 radical (unpaired) electrons. The summed E-state index contributed by atoms with van der Waals surface area (Å²) in [6.45, 7) is 1.23. The predicted octanol–water partition coefficient (Wildman–Crippen LogP) is 1.12. The molecule has 3 rings (SSSR count). The SMILES string of the molecule is COc1cncc(C(=O)NC[C@@H]2CCCO[C@H]2c2ccnn2C)n1. The molecular weight excluding hydrogens is 310 g/mol. The van der Waals surface area contributed by atoms with Crippen molar-refractivity contribution in [3.63, 3.8) is 0 Å². The van der Waals surface area contributed by atoms with Crippen LogP contribution in [-0.2, 0) is 11.8 Å². The quantitative estimate of drug-likeness (QED) is 0.883. The molecule has 2 aromatic rings. The molecule has 1 aliphatic rings. The topological polar surface area (TPSA) is 91.2 Å². The standard InChI is InChI=1S/C16H21N5O3/c1-21-13(5-6-19-21)15-11(4-3-7-24-15)8-18-16(22)12-9-17-10-14(20-12)23-2/h5-6,9-11,15H,3-4,7-8H2,1-2H3,(H,18,22)/t11-,15+/m0/s1. The summed E-state index contributed by atoms with van der Waals surface area (Å²) >= 11 is 0. The number of rotatable bonds is 5. The predicted molar refractivity (Wildman–Crippen MR) is 85.5 cm³/mol. The Balaban J connectivity index is 1.65. The molecule has 0 spiro atoms. The van der Waals surface area contributed by atoms with Crippen molar-refractivity contribution in [3.8, 4) is 5.88 Å². The highest BCUT2D eigenvalue weighted by molar-refractivity contribution is 5.92. The molecule has 1 N–H and O–H groups in total. The Kier molecular flexibility index (Phi) is 5.05. The van der Waals surface area contributed by atoms with Gasteiger partial charge in [0.25, 0.3) is 5.91 Å². The van der Waals surface area contributed by atoms with E-state index in [2.05, 4.69) is 20.4 Å². The molecule has 2 atom stereocenters. The van der Waals surface area contributed by atoms with Gasteiger partial charge in [0.2, 0.25) is 5.88 Å². The molecule has 8 heteroatoms. The summed E-state index contributed by atoms with van der Waals surface area (Å²) in [6, 6.07) is 1.96. The number of hydrogen-bond acceptors (Lipinski definition) is 6. The van der Waals surface area contributed by atoms with Gasteiger partial charge in [-0.25, -0.2) is 4.98 Å². The van der Waals surface area contributed by atoms with Crippen LogP contribution in [0.2, 0.25) is 0 Å². The van der Waals surface area contributed by atoms with Crippen LogP contribution in [0.5, 0.6) is 5.88 Å². The summed E-state index contributed by atoms with van der Waals surface area (Å²) in [5, 5.41) is 7.13. The number of aryl methyl sites for hydroxylation is 1. The van der Waals surface area contributed by atoms with Crippen LogP contribution in [0.3, 0.4) is 0 Å². The van der Waals surface area contributed by atoms with Crippen molar-refractivity contribution in [3.05, 3.63) is 36.0 Å². The van der Waals surface area contributed by atoms with Crippen LogP contribution in [0.1, 0.15) is 35.1 Å². The summed E-state index contributed by atoms with van der Waals surface area (Å²) in [4.78, 5) is 20.3. The fourth-order valence-corrected chi connectivity index (χ4v) is 2.91. The lowest BCUT2D eigenvalue weighted by Gasteiger charge is -2.31. The number of carbonyl (C=O) groups excluding carboxylic acids is 1. The number of methoxy groups -OCH3 is 1. The molecule has 0 aromatic carbocycles. The zero-order chi connectivity index (χ0) is 16.9. The van der Waals surface area contributed by atoms with E-state index < -0.39 is 0 Å².